The molecule has 1 fully saturated rings. The average molecular weight is 212 g/mol. The molecule has 0 spiro atoms. The van der Waals surface area contributed by atoms with Crippen LogP contribution in [0.5, 0.6) is 0 Å². The van der Waals surface area contributed by atoms with Gasteiger partial charge in [-0.15, -0.1) is 0 Å². The van der Waals surface area contributed by atoms with E-state index in [-0.39, 0.29) is 18.9 Å². The SMILES string of the molecule is CNc1cccc(NC2CC(F)(F)C2)c1. The van der Waals surface area contributed by atoms with Crippen molar-refractivity contribution in [2.45, 2.75) is 24.8 Å². The molecule has 1 aliphatic rings. The first-order valence-electron chi connectivity index (χ1n) is 5.01. The molecule has 0 heterocycles. The van der Waals surface area contributed by atoms with Crippen LogP contribution < -0.4 is 10.6 Å². The van der Waals surface area contributed by atoms with E-state index in [2.05, 4.69) is 10.6 Å². The van der Waals surface area contributed by atoms with Crippen molar-refractivity contribution in [3.63, 3.8) is 0 Å². The number of anilines is 2. The number of hydrogen-bond acceptors (Lipinski definition) is 2. The van der Waals surface area contributed by atoms with Gasteiger partial charge in [0.25, 0.3) is 5.92 Å². The number of benzene rings is 1. The van der Waals surface area contributed by atoms with Crippen LogP contribution in [-0.4, -0.2) is 19.0 Å². The van der Waals surface area contributed by atoms with Gasteiger partial charge in [0.2, 0.25) is 0 Å². The fraction of sp³-hybridized carbons (Fsp3) is 0.455. The maximum atomic E-state index is 12.6. The molecule has 1 saturated carbocycles. The number of alkyl halides is 2. The van der Waals surface area contributed by atoms with Gasteiger partial charge in [-0.3, -0.25) is 0 Å². The van der Waals surface area contributed by atoms with Gasteiger partial charge in [0.15, 0.2) is 0 Å². The summed E-state index contributed by atoms with van der Waals surface area (Å²) >= 11 is 0. The van der Waals surface area contributed by atoms with Crippen molar-refractivity contribution in [2.24, 2.45) is 0 Å². The molecular formula is C11H14F2N2. The lowest BCUT2D eigenvalue weighted by atomic mass is 9.88. The molecule has 15 heavy (non-hydrogen) atoms. The van der Waals surface area contributed by atoms with E-state index in [1.54, 1.807) is 0 Å². The number of nitrogens with one attached hydrogen (secondary N) is 2. The van der Waals surface area contributed by atoms with Crippen molar-refractivity contribution in [1.29, 1.82) is 0 Å². The highest BCUT2D eigenvalue weighted by atomic mass is 19.3. The second kappa shape index (κ2) is 3.68. The molecule has 0 atom stereocenters. The summed E-state index contributed by atoms with van der Waals surface area (Å²) in [5, 5.41) is 6.09. The zero-order chi connectivity index (χ0) is 10.9. The molecule has 1 aromatic carbocycles. The minimum Gasteiger partial charge on any atom is -0.388 e. The van der Waals surface area contributed by atoms with Crippen molar-refractivity contribution in [3.8, 4) is 0 Å². The Hall–Kier alpha value is -1.32. The van der Waals surface area contributed by atoms with Gasteiger partial charge in [-0.05, 0) is 18.2 Å². The van der Waals surface area contributed by atoms with Crippen molar-refractivity contribution < 1.29 is 8.78 Å². The van der Waals surface area contributed by atoms with E-state index in [0.29, 0.717) is 0 Å². The fourth-order valence-corrected chi connectivity index (χ4v) is 1.76. The zero-order valence-corrected chi connectivity index (χ0v) is 8.56. The Morgan fingerprint density at radius 3 is 2.53 bits per heavy atom. The first kappa shape index (κ1) is 10.2. The Kier molecular flexibility index (Phi) is 2.50. The van der Waals surface area contributed by atoms with Crippen LogP contribution in [0.2, 0.25) is 0 Å². The lowest BCUT2D eigenvalue weighted by molar-refractivity contribution is -0.0793. The summed E-state index contributed by atoms with van der Waals surface area (Å²) in [6.07, 6.45) is -0.117. The predicted octanol–water partition coefficient (Wildman–Crippen LogP) is 2.94. The van der Waals surface area contributed by atoms with E-state index in [1.807, 2.05) is 31.3 Å². The maximum Gasteiger partial charge on any atom is 0.252 e. The van der Waals surface area contributed by atoms with E-state index in [0.717, 1.165) is 11.4 Å². The standard InChI is InChI=1S/C11H14F2N2/c1-14-8-3-2-4-9(5-8)15-10-6-11(12,13)7-10/h2-5,10,14-15H,6-7H2,1H3. The smallest absolute Gasteiger partial charge is 0.252 e. The van der Waals surface area contributed by atoms with Crippen LogP contribution in [0, 0.1) is 0 Å². The third-order valence-electron chi connectivity index (χ3n) is 2.61. The van der Waals surface area contributed by atoms with E-state index in [1.165, 1.54) is 0 Å². The molecule has 0 aromatic heterocycles. The van der Waals surface area contributed by atoms with Crippen molar-refractivity contribution >= 4 is 11.4 Å². The highest BCUT2D eigenvalue weighted by Gasteiger charge is 2.45. The summed E-state index contributed by atoms with van der Waals surface area (Å²) in [7, 11) is 1.83. The van der Waals surface area contributed by atoms with Crippen LogP contribution in [0.1, 0.15) is 12.8 Å². The molecule has 2 N–H and O–H groups in total. The molecule has 0 aliphatic heterocycles. The second-order valence-corrected chi connectivity index (χ2v) is 3.94. The normalized spacial score (nSPS) is 19.4. The van der Waals surface area contributed by atoms with Crippen LogP contribution in [0.3, 0.4) is 0 Å². The van der Waals surface area contributed by atoms with Gasteiger partial charge in [0.05, 0.1) is 0 Å². The van der Waals surface area contributed by atoms with Gasteiger partial charge in [-0.2, -0.15) is 0 Å². The quantitative estimate of drug-likeness (QED) is 0.805. The molecular weight excluding hydrogens is 198 g/mol. The zero-order valence-electron chi connectivity index (χ0n) is 8.56. The molecule has 0 bridgehead atoms. The van der Waals surface area contributed by atoms with E-state index < -0.39 is 5.92 Å². The van der Waals surface area contributed by atoms with Crippen molar-refractivity contribution in [2.75, 3.05) is 17.7 Å². The fourth-order valence-electron chi connectivity index (χ4n) is 1.76. The lowest BCUT2D eigenvalue weighted by Gasteiger charge is -2.36. The minimum absolute atomic E-state index is 0.0587. The van der Waals surface area contributed by atoms with Crippen LogP contribution in [0.4, 0.5) is 20.2 Å². The van der Waals surface area contributed by atoms with Crippen LogP contribution in [-0.2, 0) is 0 Å². The Morgan fingerprint density at radius 2 is 1.93 bits per heavy atom. The minimum atomic E-state index is -2.46. The molecule has 1 aromatic rings. The molecule has 1 aliphatic carbocycles. The summed E-state index contributed by atoms with van der Waals surface area (Å²) in [5.41, 5.74) is 1.87. The lowest BCUT2D eigenvalue weighted by Crippen LogP contribution is -2.44. The Labute approximate surface area is 87.7 Å². The van der Waals surface area contributed by atoms with E-state index >= 15 is 0 Å². The summed E-state index contributed by atoms with van der Waals surface area (Å²) in [6.45, 7) is 0. The van der Waals surface area contributed by atoms with E-state index in [4.69, 9.17) is 0 Å². The summed E-state index contributed by atoms with van der Waals surface area (Å²) < 4.78 is 25.2. The van der Waals surface area contributed by atoms with Crippen LogP contribution in [0.25, 0.3) is 0 Å². The average Bonchev–Trinajstić information content (AvgIpc) is 2.15. The number of hydrogen-bond donors (Lipinski definition) is 2. The van der Waals surface area contributed by atoms with Crippen molar-refractivity contribution in [1.82, 2.24) is 0 Å². The third-order valence-corrected chi connectivity index (χ3v) is 2.61. The summed E-state index contributed by atoms with van der Waals surface area (Å²) in [5.74, 6) is -2.46. The summed E-state index contributed by atoms with van der Waals surface area (Å²) in [4.78, 5) is 0. The van der Waals surface area contributed by atoms with Crippen LogP contribution in [0.15, 0.2) is 24.3 Å². The van der Waals surface area contributed by atoms with Gasteiger partial charge < -0.3 is 10.6 Å². The Balaban J connectivity index is 1.94. The highest BCUT2D eigenvalue weighted by molar-refractivity contribution is 5.56. The van der Waals surface area contributed by atoms with Gasteiger partial charge in [-0.1, -0.05) is 6.07 Å². The van der Waals surface area contributed by atoms with Gasteiger partial charge in [0, 0.05) is 37.3 Å². The number of rotatable bonds is 3. The second-order valence-electron chi connectivity index (χ2n) is 3.94. The number of halogens is 2. The molecule has 82 valence electrons. The Morgan fingerprint density at radius 1 is 1.27 bits per heavy atom. The van der Waals surface area contributed by atoms with Crippen LogP contribution >= 0.6 is 0 Å². The van der Waals surface area contributed by atoms with Gasteiger partial charge >= 0.3 is 0 Å². The molecule has 2 rings (SSSR count). The third kappa shape index (κ3) is 2.37. The topological polar surface area (TPSA) is 24.1 Å². The molecule has 0 unspecified atom stereocenters. The predicted molar refractivity (Wildman–Crippen MR) is 57.6 cm³/mol. The Bertz CT molecular complexity index is 344. The molecule has 2 nitrogen and oxygen atoms in total. The monoisotopic (exact) mass is 212 g/mol. The van der Waals surface area contributed by atoms with Gasteiger partial charge in [-0.25, -0.2) is 8.78 Å². The first-order chi connectivity index (χ1) is 7.09. The maximum absolute atomic E-state index is 12.6. The molecule has 4 heteroatoms. The molecule has 0 radical (unpaired) electrons. The van der Waals surface area contributed by atoms with E-state index in [9.17, 15) is 8.78 Å². The summed E-state index contributed by atoms with van der Waals surface area (Å²) in [6, 6.07) is 7.53. The molecule has 0 amide bonds. The first-order valence-corrected chi connectivity index (χ1v) is 5.01. The largest absolute Gasteiger partial charge is 0.388 e. The highest BCUT2D eigenvalue weighted by Crippen LogP contribution is 2.39. The molecule has 0 saturated heterocycles. The van der Waals surface area contributed by atoms with Gasteiger partial charge in [0.1, 0.15) is 0 Å². The van der Waals surface area contributed by atoms with Crippen molar-refractivity contribution in [3.05, 3.63) is 24.3 Å².